The Morgan fingerprint density at radius 3 is 2.89 bits per heavy atom. The molecule has 1 aromatic carbocycles. The molecule has 1 aliphatic heterocycles. The summed E-state index contributed by atoms with van der Waals surface area (Å²) < 4.78 is 0. The van der Waals surface area contributed by atoms with Crippen molar-refractivity contribution in [1.82, 2.24) is 4.90 Å². The van der Waals surface area contributed by atoms with Crippen LogP contribution in [0.15, 0.2) is 18.2 Å². The van der Waals surface area contributed by atoms with Crippen molar-refractivity contribution in [3.05, 3.63) is 34.3 Å². The van der Waals surface area contributed by atoms with Crippen molar-refractivity contribution in [2.24, 2.45) is 11.7 Å². The highest BCUT2D eigenvalue weighted by Crippen LogP contribution is 2.25. The van der Waals surface area contributed by atoms with Crippen LogP contribution in [0, 0.1) is 5.92 Å². The maximum atomic E-state index is 6.35. The van der Waals surface area contributed by atoms with Gasteiger partial charge in [-0.05, 0) is 55.5 Å². The molecule has 1 aromatic rings. The number of benzene rings is 1. The smallest absolute Gasteiger partial charge is 0.0453 e. The molecule has 19 heavy (non-hydrogen) atoms. The van der Waals surface area contributed by atoms with E-state index in [9.17, 15) is 0 Å². The van der Waals surface area contributed by atoms with Crippen LogP contribution in [0.4, 0.5) is 0 Å². The number of nitrogens with two attached hydrogens (primary N) is 1. The highest BCUT2D eigenvalue weighted by molar-refractivity contribution is 6.31. The summed E-state index contributed by atoms with van der Waals surface area (Å²) in [7, 11) is 0. The average Bonchev–Trinajstić information content (AvgIpc) is 2.41. The zero-order valence-corrected chi connectivity index (χ0v) is 13.1. The molecule has 1 heterocycles. The molecule has 108 valence electrons. The molecular weight excluding hydrogens is 279 g/mol. The Morgan fingerprint density at radius 2 is 2.21 bits per heavy atom. The van der Waals surface area contributed by atoms with E-state index in [1.165, 1.54) is 30.5 Å². The van der Waals surface area contributed by atoms with Crippen LogP contribution in [0.2, 0.25) is 5.02 Å². The third-order valence-electron chi connectivity index (χ3n) is 3.91. The number of halogens is 2. The van der Waals surface area contributed by atoms with E-state index in [1.807, 2.05) is 12.1 Å². The number of rotatable bonds is 4. The second kappa shape index (κ2) is 8.11. The van der Waals surface area contributed by atoms with E-state index in [0.717, 1.165) is 31.1 Å². The first-order chi connectivity index (χ1) is 8.74. The van der Waals surface area contributed by atoms with Gasteiger partial charge in [0.15, 0.2) is 0 Å². The number of hydrogen-bond donors (Lipinski definition) is 1. The summed E-state index contributed by atoms with van der Waals surface area (Å²) in [6.07, 6.45) is 3.58. The molecule has 1 aliphatic rings. The van der Waals surface area contributed by atoms with Crippen molar-refractivity contribution in [3.8, 4) is 0 Å². The number of hydrogen-bond acceptors (Lipinski definition) is 2. The molecule has 1 fully saturated rings. The van der Waals surface area contributed by atoms with Crippen LogP contribution in [0.25, 0.3) is 0 Å². The van der Waals surface area contributed by atoms with Crippen molar-refractivity contribution in [3.63, 3.8) is 0 Å². The van der Waals surface area contributed by atoms with E-state index < -0.39 is 0 Å². The Hall–Kier alpha value is -0.280. The monoisotopic (exact) mass is 302 g/mol. The topological polar surface area (TPSA) is 29.3 Å². The fourth-order valence-electron chi connectivity index (χ4n) is 2.82. The van der Waals surface area contributed by atoms with Crippen LogP contribution in [0.1, 0.15) is 30.9 Å². The highest BCUT2D eigenvalue weighted by Gasteiger charge is 2.20. The first kappa shape index (κ1) is 16.8. The molecule has 4 heteroatoms. The summed E-state index contributed by atoms with van der Waals surface area (Å²) in [4.78, 5) is 2.50. The van der Waals surface area contributed by atoms with E-state index in [4.69, 9.17) is 17.3 Å². The molecule has 0 spiro atoms. The van der Waals surface area contributed by atoms with E-state index in [0.29, 0.717) is 5.92 Å². The zero-order chi connectivity index (χ0) is 13.0. The van der Waals surface area contributed by atoms with E-state index in [-0.39, 0.29) is 12.4 Å². The van der Waals surface area contributed by atoms with Crippen molar-refractivity contribution >= 4 is 24.0 Å². The molecule has 0 saturated carbocycles. The Balaban J connectivity index is 0.00000180. The minimum atomic E-state index is 0. The van der Waals surface area contributed by atoms with Crippen molar-refractivity contribution in [1.29, 1.82) is 0 Å². The van der Waals surface area contributed by atoms with Crippen LogP contribution in [-0.2, 0) is 13.0 Å². The maximum Gasteiger partial charge on any atom is 0.0453 e. The zero-order valence-electron chi connectivity index (χ0n) is 11.6. The molecule has 2 N–H and O–H groups in total. The molecule has 0 bridgehead atoms. The summed E-state index contributed by atoms with van der Waals surface area (Å²) in [6.45, 7) is 6.25. The Labute approximate surface area is 127 Å². The largest absolute Gasteiger partial charge is 0.330 e. The molecule has 1 atom stereocenters. The van der Waals surface area contributed by atoms with Gasteiger partial charge in [-0.1, -0.05) is 30.7 Å². The van der Waals surface area contributed by atoms with Gasteiger partial charge in [0, 0.05) is 18.1 Å². The van der Waals surface area contributed by atoms with Gasteiger partial charge in [0.1, 0.15) is 0 Å². The molecule has 0 aliphatic carbocycles. The van der Waals surface area contributed by atoms with Gasteiger partial charge < -0.3 is 5.73 Å². The highest BCUT2D eigenvalue weighted by atomic mass is 35.5. The van der Waals surface area contributed by atoms with Crippen molar-refractivity contribution < 1.29 is 0 Å². The van der Waals surface area contributed by atoms with Gasteiger partial charge in [0.25, 0.3) is 0 Å². The summed E-state index contributed by atoms with van der Waals surface area (Å²) in [5.74, 6) is 0.659. The average molecular weight is 303 g/mol. The van der Waals surface area contributed by atoms with Crippen LogP contribution in [0.5, 0.6) is 0 Å². The second-order valence-corrected chi connectivity index (χ2v) is 5.62. The SMILES string of the molecule is CCc1cccc(Cl)c1CN1CCCC(CN)C1.Cl. The van der Waals surface area contributed by atoms with Crippen LogP contribution in [-0.4, -0.2) is 24.5 Å². The van der Waals surface area contributed by atoms with Gasteiger partial charge in [-0.2, -0.15) is 0 Å². The summed E-state index contributed by atoms with van der Waals surface area (Å²) in [6, 6.07) is 6.23. The first-order valence-corrected chi connectivity index (χ1v) is 7.31. The maximum absolute atomic E-state index is 6.35. The normalized spacial score (nSPS) is 20.1. The number of piperidine rings is 1. The number of nitrogens with zero attached hydrogens (tertiary/aromatic N) is 1. The molecule has 0 aromatic heterocycles. The quantitative estimate of drug-likeness (QED) is 0.922. The van der Waals surface area contributed by atoms with E-state index >= 15 is 0 Å². The fourth-order valence-corrected chi connectivity index (χ4v) is 3.08. The lowest BCUT2D eigenvalue weighted by Crippen LogP contribution is -2.38. The van der Waals surface area contributed by atoms with Gasteiger partial charge in [0.2, 0.25) is 0 Å². The first-order valence-electron chi connectivity index (χ1n) is 6.93. The molecule has 2 rings (SSSR count). The van der Waals surface area contributed by atoms with Gasteiger partial charge in [0.05, 0.1) is 0 Å². The van der Waals surface area contributed by atoms with Crippen LogP contribution >= 0.6 is 24.0 Å². The number of likely N-dealkylation sites (tertiary alicyclic amines) is 1. The lowest BCUT2D eigenvalue weighted by atomic mass is 9.97. The summed E-state index contributed by atoms with van der Waals surface area (Å²) >= 11 is 6.35. The third kappa shape index (κ3) is 4.35. The molecule has 1 saturated heterocycles. The van der Waals surface area contributed by atoms with Gasteiger partial charge >= 0.3 is 0 Å². The summed E-state index contributed by atoms with van der Waals surface area (Å²) in [5.41, 5.74) is 8.47. The van der Waals surface area contributed by atoms with Crippen LogP contribution < -0.4 is 5.73 Å². The molecule has 0 amide bonds. The standard InChI is InChI=1S/C15H23ClN2.ClH/c1-2-13-6-3-7-15(16)14(13)11-18-8-4-5-12(9-17)10-18;/h3,6-7,12H,2,4-5,8-11,17H2,1H3;1H. The minimum absolute atomic E-state index is 0. The van der Waals surface area contributed by atoms with Gasteiger partial charge in [-0.15, -0.1) is 12.4 Å². The van der Waals surface area contributed by atoms with Gasteiger partial charge in [-0.3, -0.25) is 4.90 Å². The lowest BCUT2D eigenvalue weighted by Gasteiger charge is -2.32. The Bertz CT molecular complexity index is 396. The van der Waals surface area contributed by atoms with Crippen molar-refractivity contribution in [2.45, 2.75) is 32.7 Å². The number of aryl methyl sites for hydroxylation is 1. The predicted molar refractivity (Wildman–Crippen MR) is 85.1 cm³/mol. The van der Waals surface area contributed by atoms with E-state index in [1.54, 1.807) is 0 Å². The summed E-state index contributed by atoms with van der Waals surface area (Å²) in [5, 5.41) is 0.907. The molecular formula is C15H24Cl2N2. The fraction of sp³-hybridized carbons (Fsp3) is 0.600. The predicted octanol–water partition coefficient (Wildman–Crippen LogP) is 3.49. The lowest BCUT2D eigenvalue weighted by molar-refractivity contribution is 0.170. The van der Waals surface area contributed by atoms with Crippen LogP contribution in [0.3, 0.4) is 0 Å². The van der Waals surface area contributed by atoms with Crippen molar-refractivity contribution in [2.75, 3.05) is 19.6 Å². The van der Waals surface area contributed by atoms with Gasteiger partial charge in [-0.25, -0.2) is 0 Å². The molecule has 0 radical (unpaired) electrons. The molecule has 1 unspecified atom stereocenters. The Morgan fingerprint density at radius 1 is 1.42 bits per heavy atom. The minimum Gasteiger partial charge on any atom is -0.330 e. The molecule has 2 nitrogen and oxygen atoms in total. The third-order valence-corrected chi connectivity index (χ3v) is 4.27. The second-order valence-electron chi connectivity index (χ2n) is 5.21. The van der Waals surface area contributed by atoms with E-state index in [2.05, 4.69) is 17.9 Å². The Kier molecular flexibility index (Phi) is 7.16.